The number of ether oxygens (including phenoxy) is 2. The van der Waals surface area contributed by atoms with Crippen LogP contribution in [0.3, 0.4) is 0 Å². The predicted octanol–water partition coefficient (Wildman–Crippen LogP) is -0.0401. The summed E-state index contributed by atoms with van der Waals surface area (Å²) < 4.78 is 37.2. The monoisotopic (exact) mass is 329 g/mol. The van der Waals surface area contributed by atoms with E-state index in [0.29, 0.717) is 13.1 Å². The highest BCUT2D eigenvalue weighted by atomic mass is 32.2. The molecule has 10 heteroatoms. The van der Waals surface area contributed by atoms with Crippen molar-refractivity contribution < 1.29 is 22.8 Å². The Morgan fingerprint density at radius 3 is 2.32 bits per heavy atom. The fourth-order valence-electron chi connectivity index (χ4n) is 2.43. The smallest absolute Gasteiger partial charge is 0.293 e. The summed E-state index contributed by atoms with van der Waals surface area (Å²) in [6.07, 6.45) is 0. The molecule has 3 rings (SSSR count). The average Bonchev–Trinajstić information content (AvgIpc) is 2.54. The second kappa shape index (κ2) is 5.71. The molecule has 1 aromatic rings. The van der Waals surface area contributed by atoms with E-state index in [1.165, 1.54) is 10.4 Å². The van der Waals surface area contributed by atoms with Gasteiger partial charge in [-0.05, 0) is 0 Å². The van der Waals surface area contributed by atoms with Gasteiger partial charge in [-0.15, -0.1) is 0 Å². The molecule has 2 aliphatic heterocycles. The molecule has 22 heavy (non-hydrogen) atoms. The molecule has 1 aromatic carbocycles. The number of nitro benzene ring substituents is 1. The third kappa shape index (κ3) is 2.60. The summed E-state index contributed by atoms with van der Waals surface area (Å²) in [5.41, 5.74) is -0.497. The maximum Gasteiger partial charge on any atom is 0.293 e. The number of piperazine rings is 1. The quantitative estimate of drug-likeness (QED) is 0.612. The number of nitrogens with zero attached hydrogens (tertiary/aromatic N) is 2. The van der Waals surface area contributed by atoms with Crippen LogP contribution in [0.2, 0.25) is 0 Å². The number of nitrogens with one attached hydrogen (secondary N) is 1. The van der Waals surface area contributed by atoms with Gasteiger partial charge in [-0.2, -0.15) is 4.31 Å². The topological polar surface area (TPSA) is 111 Å². The van der Waals surface area contributed by atoms with Gasteiger partial charge in [0.15, 0.2) is 16.4 Å². The lowest BCUT2D eigenvalue weighted by Gasteiger charge is -2.27. The van der Waals surface area contributed by atoms with Crippen LogP contribution in [0.4, 0.5) is 5.69 Å². The van der Waals surface area contributed by atoms with E-state index >= 15 is 0 Å². The first-order chi connectivity index (χ1) is 10.5. The predicted molar refractivity (Wildman–Crippen MR) is 75.7 cm³/mol. The van der Waals surface area contributed by atoms with Crippen molar-refractivity contribution in [2.45, 2.75) is 4.90 Å². The van der Waals surface area contributed by atoms with Crippen molar-refractivity contribution in [3.8, 4) is 11.5 Å². The van der Waals surface area contributed by atoms with Crippen molar-refractivity contribution in [2.75, 3.05) is 39.4 Å². The summed E-state index contributed by atoms with van der Waals surface area (Å²) in [6.45, 7) is 2.11. The molecule has 0 bridgehead atoms. The molecule has 1 fully saturated rings. The van der Waals surface area contributed by atoms with Crippen LogP contribution in [0.5, 0.6) is 11.5 Å². The number of hydrogen-bond acceptors (Lipinski definition) is 7. The van der Waals surface area contributed by atoms with Crippen molar-refractivity contribution in [1.82, 2.24) is 9.62 Å². The zero-order valence-electron chi connectivity index (χ0n) is 11.6. The van der Waals surface area contributed by atoms with Crippen molar-refractivity contribution in [3.05, 3.63) is 22.2 Å². The first kappa shape index (κ1) is 15.0. The molecule has 120 valence electrons. The van der Waals surface area contributed by atoms with E-state index in [0.717, 1.165) is 6.07 Å². The molecule has 0 unspecified atom stereocenters. The highest BCUT2D eigenvalue weighted by molar-refractivity contribution is 7.89. The molecule has 0 atom stereocenters. The van der Waals surface area contributed by atoms with Crippen molar-refractivity contribution in [3.63, 3.8) is 0 Å². The Labute approximate surface area is 127 Å². The molecule has 1 N–H and O–H groups in total. The highest BCUT2D eigenvalue weighted by Gasteiger charge is 2.35. The second-order valence-corrected chi connectivity index (χ2v) is 6.78. The first-order valence-electron chi connectivity index (χ1n) is 6.79. The number of hydrogen-bond donors (Lipinski definition) is 1. The van der Waals surface area contributed by atoms with Gasteiger partial charge in [0.25, 0.3) is 5.69 Å². The van der Waals surface area contributed by atoms with Crippen LogP contribution in [-0.2, 0) is 10.0 Å². The van der Waals surface area contributed by atoms with E-state index in [4.69, 9.17) is 9.47 Å². The van der Waals surface area contributed by atoms with E-state index in [1.54, 1.807) is 0 Å². The lowest BCUT2D eigenvalue weighted by Crippen LogP contribution is -2.46. The molecule has 0 saturated carbocycles. The van der Waals surface area contributed by atoms with Crippen LogP contribution in [-0.4, -0.2) is 57.0 Å². The Balaban J connectivity index is 2.09. The van der Waals surface area contributed by atoms with Crippen LogP contribution >= 0.6 is 0 Å². The Morgan fingerprint density at radius 1 is 1.14 bits per heavy atom. The molecular formula is C12H15N3O6S. The minimum atomic E-state index is -3.96. The molecule has 0 aliphatic carbocycles. The van der Waals surface area contributed by atoms with Gasteiger partial charge in [-0.25, -0.2) is 8.42 Å². The Kier molecular flexibility index (Phi) is 3.89. The fourth-order valence-corrected chi connectivity index (χ4v) is 4.03. The van der Waals surface area contributed by atoms with Crippen LogP contribution in [0.25, 0.3) is 0 Å². The average molecular weight is 329 g/mol. The summed E-state index contributed by atoms with van der Waals surface area (Å²) in [6, 6.07) is 2.30. The van der Waals surface area contributed by atoms with E-state index in [-0.39, 0.29) is 42.7 Å². The van der Waals surface area contributed by atoms with Crippen LogP contribution in [0.1, 0.15) is 0 Å². The fraction of sp³-hybridized carbons (Fsp3) is 0.500. The molecular weight excluding hydrogens is 314 g/mol. The highest BCUT2D eigenvalue weighted by Crippen LogP contribution is 2.39. The summed E-state index contributed by atoms with van der Waals surface area (Å²) in [7, 11) is -3.96. The summed E-state index contributed by atoms with van der Waals surface area (Å²) in [5.74, 6) is 0.405. The van der Waals surface area contributed by atoms with Crippen LogP contribution < -0.4 is 14.8 Å². The van der Waals surface area contributed by atoms with Gasteiger partial charge < -0.3 is 14.8 Å². The Morgan fingerprint density at radius 2 is 1.73 bits per heavy atom. The molecule has 0 radical (unpaired) electrons. The summed E-state index contributed by atoms with van der Waals surface area (Å²) >= 11 is 0. The maximum atomic E-state index is 12.7. The molecule has 0 aromatic heterocycles. The van der Waals surface area contributed by atoms with Gasteiger partial charge in [0, 0.05) is 32.2 Å². The molecule has 2 heterocycles. The second-order valence-electron chi connectivity index (χ2n) is 4.87. The number of fused-ring (bicyclic) bond motifs is 1. The minimum absolute atomic E-state index is 0.192. The number of sulfonamides is 1. The summed E-state index contributed by atoms with van der Waals surface area (Å²) in [4.78, 5) is 10.2. The Hall–Kier alpha value is -1.91. The lowest BCUT2D eigenvalue weighted by atomic mass is 10.2. The van der Waals surface area contributed by atoms with Gasteiger partial charge in [0.2, 0.25) is 10.0 Å². The third-order valence-corrected chi connectivity index (χ3v) is 5.44. The van der Waals surface area contributed by atoms with E-state index in [1.807, 2.05) is 0 Å². The van der Waals surface area contributed by atoms with Gasteiger partial charge in [0.05, 0.1) is 11.0 Å². The van der Waals surface area contributed by atoms with E-state index in [9.17, 15) is 18.5 Å². The van der Waals surface area contributed by atoms with Gasteiger partial charge in [0.1, 0.15) is 13.2 Å². The van der Waals surface area contributed by atoms with E-state index in [2.05, 4.69) is 5.32 Å². The minimum Gasteiger partial charge on any atom is -0.486 e. The van der Waals surface area contributed by atoms with Gasteiger partial charge in [-0.1, -0.05) is 0 Å². The molecule has 0 spiro atoms. The normalized spacial score (nSPS) is 18.9. The van der Waals surface area contributed by atoms with Crippen molar-refractivity contribution in [1.29, 1.82) is 0 Å². The van der Waals surface area contributed by atoms with Crippen LogP contribution in [0, 0.1) is 10.1 Å². The van der Waals surface area contributed by atoms with Gasteiger partial charge >= 0.3 is 0 Å². The lowest BCUT2D eigenvalue weighted by molar-refractivity contribution is -0.388. The van der Waals surface area contributed by atoms with Crippen LogP contribution in [0.15, 0.2) is 17.0 Å². The molecule has 1 saturated heterocycles. The number of rotatable bonds is 3. The summed E-state index contributed by atoms with van der Waals surface area (Å²) in [5, 5.41) is 14.3. The molecule has 9 nitrogen and oxygen atoms in total. The standard InChI is InChI=1S/C12H15N3O6S/c16-15(17)9-7-10-11(21-6-5-20-10)8-12(9)22(18,19)14-3-1-13-2-4-14/h7-8,13H,1-6H2. The largest absolute Gasteiger partial charge is 0.486 e. The van der Waals surface area contributed by atoms with E-state index < -0.39 is 20.6 Å². The SMILES string of the molecule is O=[N+]([O-])c1cc2c(cc1S(=O)(=O)N1CCNCC1)OCCO2. The first-order valence-corrected chi connectivity index (χ1v) is 8.23. The molecule has 2 aliphatic rings. The number of nitro groups is 1. The van der Waals surface area contributed by atoms with Crippen molar-refractivity contribution >= 4 is 15.7 Å². The third-order valence-electron chi connectivity index (χ3n) is 3.51. The Bertz CT molecular complexity index is 699. The maximum absolute atomic E-state index is 12.7. The zero-order chi connectivity index (χ0) is 15.7. The molecule has 0 amide bonds. The number of benzene rings is 1. The van der Waals surface area contributed by atoms with Crippen molar-refractivity contribution in [2.24, 2.45) is 0 Å². The zero-order valence-corrected chi connectivity index (χ0v) is 12.5. The van der Waals surface area contributed by atoms with Gasteiger partial charge in [-0.3, -0.25) is 10.1 Å².